The van der Waals surface area contributed by atoms with Gasteiger partial charge in [0.05, 0.1) is 12.0 Å². The summed E-state index contributed by atoms with van der Waals surface area (Å²) in [6.45, 7) is 0. The summed E-state index contributed by atoms with van der Waals surface area (Å²) in [5, 5.41) is 8.02. The molecule has 0 spiro atoms. The van der Waals surface area contributed by atoms with Gasteiger partial charge in [0.25, 0.3) is 0 Å². The van der Waals surface area contributed by atoms with E-state index in [1.807, 2.05) is 17.5 Å². The van der Waals surface area contributed by atoms with E-state index in [0.29, 0.717) is 5.75 Å². The molecule has 1 aliphatic carbocycles. The molecule has 3 aromatic heterocycles. The number of carbonyl (C=O) groups excluding carboxylic acids is 1. The van der Waals surface area contributed by atoms with Gasteiger partial charge in [-0.15, -0.1) is 22.7 Å². The molecule has 0 aromatic carbocycles. The number of aromatic nitrogens is 2. The predicted molar refractivity (Wildman–Crippen MR) is 105 cm³/mol. The number of rotatable bonds is 5. The van der Waals surface area contributed by atoms with Gasteiger partial charge in [0.15, 0.2) is 0 Å². The number of hydrogen-bond acceptors (Lipinski definition) is 7. The van der Waals surface area contributed by atoms with E-state index in [0.717, 1.165) is 33.0 Å². The van der Waals surface area contributed by atoms with Crippen molar-refractivity contribution in [2.45, 2.75) is 30.7 Å². The van der Waals surface area contributed by atoms with Crippen LogP contribution in [-0.2, 0) is 17.6 Å². The van der Waals surface area contributed by atoms with Crippen LogP contribution in [0.3, 0.4) is 0 Å². The number of aryl methyl sites for hydroxylation is 2. The molecule has 0 unspecified atom stereocenters. The number of amides is 1. The average molecular weight is 389 g/mol. The zero-order valence-corrected chi connectivity index (χ0v) is 15.8. The topological polar surface area (TPSA) is 67.2 Å². The number of fused-ring (bicyclic) bond motifs is 3. The summed E-state index contributed by atoms with van der Waals surface area (Å²) in [7, 11) is 0. The Morgan fingerprint density at radius 3 is 3.16 bits per heavy atom. The molecule has 0 aliphatic heterocycles. The summed E-state index contributed by atoms with van der Waals surface area (Å²) in [6, 6.07) is 3.90. The van der Waals surface area contributed by atoms with E-state index in [1.165, 1.54) is 35.0 Å². The Morgan fingerprint density at radius 1 is 1.36 bits per heavy atom. The summed E-state index contributed by atoms with van der Waals surface area (Å²) in [5.41, 5.74) is 3.96. The minimum Gasteiger partial charge on any atom is -0.272 e. The largest absolute Gasteiger partial charge is 0.272 e. The van der Waals surface area contributed by atoms with E-state index in [2.05, 4.69) is 20.5 Å². The van der Waals surface area contributed by atoms with Gasteiger partial charge in [0, 0.05) is 15.1 Å². The second kappa shape index (κ2) is 7.63. The van der Waals surface area contributed by atoms with Crippen LogP contribution >= 0.6 is 34.4 Å². The third kappa shape index (κ3) is 3.75. The molecular formula is C17H16N4OS3. The Bertz CT molecular complexity index is 918. The van der Waals surface area contributed by atoms with Crippen molar-refractivity contribution in [3.63, 3.8) is 0 Å². The Balaban J connectivity index is 1.44. The second-order valence-corrected chi connectivity index (χ2v) is 8.69. The standard InChI is InChI=1S/C17H16N4OS3/c22-14(21-20-8-11-4-3-7-23-11)9-24-16-15-12-5-1-2-6-13(12)25-17(15)19-10-18-16/h3-4,7-8,10H,1-2,5-6,9H2,(H,21,22)/b20-8-. The maximum Gasteiger partial charge on any atom is 0.250 e. The molecule has 0 atom stereocenters. The maximum absolute atomic E-state index is 12.0. The van der Waals surface area contributed by atoms with E-state index in [1.54, 1.807) is 35.2 Å². The molecule has 4 rings (SSSR count). The molecule has 1 N–H and O–H groups in total. The van der Waals surface area contributed by atoms with Crippen molar-refractivity contribution in [2.24, 2.45) is 5.10 Å². The number of hydrazone groups is 1. The number of thiophene rings is 2. The van der Waals surface area contributed by atoms with Crippen LogP contribution in [0.5, 0.6) is 0 Å². The maximum atomic E-state index is 12.0. The van der Waals surface area contributed by atoms with Crippen molar-refractivity contribution >= 4 is 56.8 Å². The van der Waals surface area contributed by atoms with Crippen LogP contribution in [0.15, 0.2) is 34.0 Å². The number of hydrogen-bond donors (Lipinski definition) is 1. The lowest BCUT2D eigenvalue weighted by Gasteiger charge is -2.11. The van der Waals surface area contributed by atoms with Crippen LogP contribution in [0, 0.1) is 0 Å². The summed E-state index contributed by atoms with van der Waals surface area (Å²) < 4.78 is 0. The quantitative estimate of drug-likeness (QED) is 0.312. The zero-order valence-electron chi connectivity index (χ0n) is 13.4. The van der Waals surface area contributed by atoms with Crippen LogP contribution in [0.4, 0.5) is 0 Å². The number of nitrogens with one attached hydrogen (secondary N) is 1. The molecule has 3 heterocycles. The molecule has 1 amide bonds. The molecule has 1 aliphatic rings. The third-order valence-electron chi connectivity index (χ3n) is 3.98. The molecule has 0 saturated heterocycles. The van der Waals surface area contributed by atoms with Crippen LogP contribution in [-0.4, -0.2) is 27.8 Å². The van der Waals surface area contributed by atoms with Crippen LogP contribution in [0.1, 0.15) is 28.2 Å². The highest BCUT2D eigenvalue weighted by Gasteiger charge is 2.20. The fourth-order valence-electron chi connectivity index (χ4n) is 2.87. The van der Waals surface area contributed by atoms with E-state index in [4.69, 9.17) is 0 Å². The molecule has 5 nitrogen and oxygen atoms in total. The lowest BCUT2D eigenvalue weighted by Crippen LogP contribution is -2.19. The third-order valence-corrected chi connectivity index (χ3v) is 6.98. The summed E-state index contributed by atoms with van der Waals surface area (Å²) in [4.78, 5) is 24.4. The van der Waals surface area contributed by atoms with Crippen molar-refractivity contribution in [3.8, 4) is 0 Å². The van der Waals surface area contributed by atoms with Gasteiger partial charge in [-0.2, -0.15) is 5.10 Å². The highest BCUT2D eigenvalue weighted by molar-refractivity contribution is 8.00. The van der Waals surface area contributed by atoms with E-state index >= 15 is 0 Å². The van der Waals surface area contributed by atoms with Gasteiger partial charge in [-0.3, -0.25) is 4.79 Å². The van der Waals surface area contributed by atoms with Gasteiger partial charge in [0.1, 0.15) is 16.2 Å². The van der Waals surface area contributed by atoms with Crippen molar-refractivity contribution in [3.05, 3.63) is 39.2 Å². The molecule has 0 saturated carbocycles. The first-order chi connectivity index (χ1) is 12.3. The smallest absolute Gasteiger partial charge is 0.250 e. The van der Waals surface area contributed by atoms with Crippen LogP contribution in [0.2, 0.25) is 0 Å². The van der Waals surface area contributed by atoms with Gasteiger partial charge in [-0.1, -0.05) is 17.8 Å². The first-order valence-electron chi connectivity index (χ1n) is 8.05. The molecule has 0 fully saturated rings. The van der Waals surface area contributed by atoms with Crippen LogP contribution < -0.4 is 5.43 Å². The van der Waals surface area contributed by atoms with Crippen molar-refractivity contribution in [1.82, 2.24) is 15.4 Å². The Kier molecular flexibility index (Phi) is 5.09. The van der Waals surface area contributed by atoms with Gasteiger partial charge in [0.2, 0.25) is 5.91 Å². The minimum absolute atomic E-state index is 0.131. The first kappa shape index (κ1) is 16.7. The molecule has 128 valence electrons. The predicted octanol–water partition coefficient (Wildman–Crippen LogP) is 3.87. The molecule has 8 heteroatoms. The molecule has 0 radical (unpaired) electrons. The molecule has 3 aromatic rings. The molecule has 0 bridgehead atoms. The fourth-order valence-corrected chi connectivity index (χ4v) is 5.57. The minimum atomic E-state index is -0.131. The van der Waals surface area contributed by atoms with Crippen molar-refractivity contribution in [2.75, 3.05) is 5.75 Å². The summed E-state index contributed by atoms with van der Waals surface area (Å²) in [6.07, 6.45) is 7.95. The fraction of sp³-hybridized carbons (Fsp3) is 0.294. The van der Waals surface area contributed by atoms with Gasteiger partial charge >= 0.3 is 0 Å². The Labute approximate surface area is 157 Å². The summed E-state index contributed by atoms with van der Waals surface area (Å²) >= 11 is 4.81. The second-order valence-electron chi connectivity index (χ2n) is 5.67. The van der Waals surface area contributed by atoms with Crippen molar-refractivity contribution < 1.29 is 4.79 Å². The normalized spacial score (nSPS) is 14.1. The average Bonchev–Trinajstić information content (AvgIpc) is 3.27. The van der Waals surface area contributed by atoms with Crippen LogP contribution in [0.25, 0.3) is 10.2 Å². The number of thioether (sulfide) groups is 1. The Hall–Kier alpha value is -1.77. The van der Waals surface area contributed by atoms with Gasteiger partial charge < -0.3 is 0 Å². The SMILES string of the molecule is O=C(CSc1ncnc2sc3c(c12)CCCC3)N/N=C\c1cccs1. The number of nitrogens with zero attached hydrogens (tertiary/aromatic N) is 3. The van der Waals surface area contributed by atoms with E-state index in [-0.39, 0.29) is 5.91 Å². The molecular weight excluding hydrogens is 372 g/mol. The lowest BCUT2D eigenvalue weighted by atomic mass is 9.97. The first-order valence-corrected chi connectivity index (χ1v) is 10.7. The lowest BCUT2D eigenvalue weighted by molar-refractivity contribution is -0.118. The van der Waals surface area contributed by atoms with E-state index in [9.17, 15) is 4.79 Å². The Morgan fingerprint density at radius 2 is 2.28 bits per heavy atom. The number of carbonyl (C=O) groups is 1. The highest BCUT2D eigenvalue weighted by atomic mass is 32.2. The van der Waals surface area contributed by atoms with E-state index < -0.39 is 0 Å². The highest BCUT2D eigenvalue weighted by Crippen LogP contribution is 2.39. The molecule has 25 heavy (non-hydrogen) atoms. The summed E-state index contributed by atoms with van der Waals surface area (Å²) in [5.74, 6) is 0.159. The van der Waals surface area contributed by atoms with Gasteiger partial charge in [-0.25, -0.2) is 15.4 Å². The van der Waals surface area contributed by atoms with Crippen molar-refractivity contribution in [1.29, 1.82) is 0 Å². The van der Waals surface area contributed by atoms with Gasteiger partial charge in [-0.05, 0) is 42.7 Å². The monoisotopic (exact) mass is 388 g/mol. The zero-order chi connectivity index (χ0) is 17.1.